The number of aromatic nitrogens is 2. The van der Waals surface area contributed by atoms with Crippen molar-refractivity contribution < 1.29 is 4.74 Å². The van der Waals surface area contributed by atoms with Gasteiger partial charge in [0.2, 0.25) is 0 Å². The molecule has 0 radical (unpaired) electrons. The van der Waals surface area contributed by atoms with E-state index in [9.17, 15) is 0 Å². The summed E-state index contributed by atoms with van der Waals surface area (Å²) in [5.41, 5.74) is 14.0. The van der Waals surface area contributed by atoms with Gasteiger partial charge in [-0.3, -0.25) is 10.2 Å². The number of nitrogens with two attached hydrogens (primary N) is 3. The van der Waals surface area contributed by atoms with Gasteiger partial charge in [-0.05, 0) is 56.0 Å². The van der Waals surface area contributed by atoms with Crippen LogP contribution < -0.4 is 21.9 Å². The molecule has 0 aliphatic rings. The lowest BCUT2D eigenvalue weighted by Crippen LogP contribution is -2.22. The molecule has 0 amide bonds. The molecule has 1 aromatic heterocycles. The minimum Gasteiger partial charge on any atom is -0.404 e. The predicted molar refractivity (Wildman–Crippen MR) is 102 cm³/mol. The molecule has 1 atom stereocenters. The summed E-state index contributed by atoms with van der Waals surface area (Å²) < 4.78 is 5.69. The molecule has 7 nitrogen and oxygen atoms in total. The van der Waals surface area contributed by atoms with Gasteiger partial charge < -0.3 is 21.5 Å². The average molecular weight is 350 g/mol. The Morgan fingerprint density at radius 2 is 2.29 bits per heavy atom. The number of hydrogen-bond acceptors (Lipinski definition) is 7. The Labute approximate surface area is 146 Å². The zero-order chi connectivity index (χ0) is 17.4. The summed E-state index contributed by atoms with van der Waals surface area (Å²) in [5.74, 6) is 0. The van der Waals surface area contributed by atoms with Gasteiger partial charge in [0.05, 0.1) is 18.3 Å². The number of ether oxygens (including phenoxy) is 1. The number of unbranched alkanes of at least 4 members (excludes halogenated alkanes) is 1. The molecule has 24 heavy (non-hydrogen) atoms. The van der Waals surface area contributed by atoms with E-state index in [1.54, 1.807) is 6.20 Å². The normalized spacial score (nSPS) is 13.4. The standard InChI is InChI=1S/C16H26N6OS/c1-11(10-23-5-3-2-4-17)21-14-6-12(16(8-18)24-19)7-15-13(14)9-20-22-15/h6-9,11,21H,2-5,10,17-19H2,1H3,(H,20,22)/b16-8-. The first-order valence-electron chi connectivity index (χ1n) is 8.00. The fraction of sp³-hybridized carbons (Fsp3) is 0.438. The quantitative estimate of drug-likeness (QED) is 0.327. The van der Waals surface area contributed by atoms with Crippen molar-refractivity contribution in [1.29, 1.82) is 0 Å². The highest BCUT2D eigenvalue weighted by atomic mass is 32.2. The maximum atomic E-state index is 5.69. The summed E-state index contributed by atoms with van der Waals surface area (Å²) in [4.78, 5) is 0.806. The highest BCUT2D eigenvalue weighted by molar-refractivity contribution is 8.06. The van der Waals surface area contributed by atoms with Crippen molar-refractivity contribution in [2.45, 2.75) is 25.8 Å². The zero-order valence-corrected chi connectivity index (χ0v) is 14.7. The number of nitrogens with zero attached hydrogens (tertiary/aromatic N) is 1. The van der Waals surface area contributed by atoms with Crippen LogP contribution in [0.5, 0.6) is 0 Å². The van der Waals surface area contributed by atoms with Crippen molar-refractivity contribution in [2.75, 3.05) is 25.1 Å². The Bertz CT molecular complexity index is 672. The van der Waals surface area contributed by atoms with Crippen LogP contribution in [0.3, 0.4) is 0 Å². The summed E-state index contributed by atoms with van der Waals surface area (Å²) >= 11 is 1.12. The van der Waals surface area contributed by atoms with Crippen LogP contribution >= 0.6 is 11.9 Å². The third-order valence-electron chi connectivity index (χ3n) is 3.63. The van der Waals surface area contributed by atoms with Gasteiger partial charge in [-0.25, -0.2) is 0 Å². The SMILES string of the molecule is CC(COCCCCN)Nc1cc(/C(=C/N)SN)cc2[nH]ncc12. The Morgan fingerprint density at radius 1 is 1.46 bits per heavy atom. The number of aromatic amines is 1. The Hall–Kier alpha value is -1.74. The van der Waals surface area contributed by atoms with Gasteiger partial charge in [0.25, 0.3) is 0 Å². The molecule has 1 unspecified atom stereocenters. The second-order valence-corrected chi connectivity index (χ2v) is 6.30. The third kappa shape index (κ3) is 4.88. The second kappa shape index (κ2) is 9.53. The van der Waals surface area contributed by atoms with Crippen LogP contribution in [0.15, 0.2) is 24.5 Å². The van der Waals surface area contributed by atoms with Crippen LogP contribution in [-0.4, -0.2) is 36.0 Å². The molecule has 132 valence electrons. The lowest BCUT2D eigenvalue weighted by molar-refractivity contribution is 0.125. The number of H-pyrrole nitrogens is 1. The van der Waals surface area contributed by atoms with E-state index >= 15 is 0 Å². The smallest absolute Gasteiger partial charge is 0.0677 e. The largest absolute Gasteiger partial charge is 0.404 e. The van der Waals surface area contributed by atoms with E-state index in [0.717, 1.165) is 58.5 Å². The summed E-state index contributed by atoms with van der Waals surface area (Å²) in [5, 5.41) is 17.3. The predicted octanol–water partition coefficient (Wildman–Crippen LogP) is 1.98. The molecule has 0 spiro atoms. The highest BCUT2D eigenvalue weighted by Gasteiger charge is 2.11. The van der Waals surface area contributed by atoms with Gasteiger partial charge in [0, 0.05) is 34.8 Å². The molecule has 0 saturated carbocycles. The molecule has 8 heteroatoms. The molecule has 8 N–H and O–H groups in total. The molecule has 0 aliphatic heterocycles. The highest BCUT2D eigenvalue weighted by Crippen LogP contribution is 2.30. The van der Waals surface area contributed by atoms with E-state index in [0.29, 0.717) is 13.2 Å². The van der Waals surface area contributed by atoms with Gasteiger partial charge in [0.15, 0.2) is 0 Å². The van der Waals surface area contributed by atoms with E-state index in [4.69, 9.17) is 21.3 Å². The van der Waals surface area contributed by atoms with Crippen LogP contribution in [0, 0.1) is 0 Å². The number of fused-ring (bicyclic) bond motifs is 1. The van der Waals surface area contributed by atoms with Crippen molar-refractivity contribution in [3.63, 3.8) is 0 Å². The molecule has 1 heterocycles. The van der Waals surface area contributed by atoms with Gasteiger partial charge >= 0.3 is 0 Å². The van der Waals surface area contributed by atoms with Gasteiger partial charge in [-0.1, -0.05) is 0 Å². The van der Waals surface area contributed by atoms with E-state index < -0.39 is 0 Å². The lowest BCUT2D eigenvalue weighted by atomic mass is 10.1. The zero-order valence-electron chi connectivity index (χ0n) is 13.9. The number of rotatable bonds is 10. The Kier molecular flexibility index (Phi) is 7.38. The van der Waals surface area contributed by atoms with Crippen LogP contribution in [0.25, 0.3) is 15.8 Å². The van der Waals surface area contributed by atoms with Crippen molar-refractivity contribution in [3.8, 4) is 0 Å². The fourth-order valence-corrected chi connectivity index (χ4v) is 2.76. The molecule has 2 rings (SSSR count). The van der Waals surface area contributed by atoms with E-state index in [1.165, 1.54) is 6.20 Å². The van der Waals surface area contributed by atoms with Crippen molar-refractivity contribution in [3.05, 3.63) is 30.1 Å². The molecule has 0 saturated heterocycles. The minimum atomic E-state index is 0.159. The van der Waals surface area contributed by atoms with Crippen LogP contribution in [-0.2, 0) is 4.74 Å². The van der Waals surface area contributed by atoms with Gasteiger partial charge in [0.1, 0.15) is 0 Å². The maximum absolute atomic E-state index is 5.69. The average Bonchev–Trinajstić information content (AvgIpc) is 3.05. The van der Waals surface area contributed by atoms with E-state index in [-0.39, 0.29) is 6.04 Å². The summed E-state index contributed by atoms with van der Waals surface area (Å²) in [6.45, 7) is 4.14. The van der Waals surface area contributed by atoms with Crippen LogP contribution in [0.2, 0.25) is 0 Å². The summed E-state index contributed by atoms with van der Waals surface area (Å²) in [6, 6.07) is 4.17. The molecule has 0 aliphatic carbocycles. The second-order valence-electron chi connectivity index (χ2n) is 5.62. The Morgan fingerprint density at radius 3 is 3.00 bits per heavy atom. The monoisotopic (exact) mass is 350 g/mol. The van der Waals surface area contributed by atoms with Crippen LogP contribution in [0.1, 0.15) is 25.3 Å². The first kappa shape index (κ1) is 18.6. The molecular weight excluding hydrogens is 324 g/mol. The Balaban J connectivity index is 2.08. The first-order valence-corrected chi connectivity index (χ1v) is 8.88. The maximum Gasteiger partial charge on any atom is 0.0677 e. The number of hydrogen-bond donors (Lipinski definition) is 5. The lowest BCUT2D eigenvalue weighted by Gasteiger charge is -2.17. The van der Waals surface area contributed by atoms with E-state index in [2.05, 4.69) is 22.4 Å². The van der Waals surface area contributed by atoms with E-state index in [1.807, 2.05) is 12.1 Å². The third-order valence-corrected chi connectivity index (χ3v) is 4.26. The van der Waals surface area contributed by atoms with Crippen LogP contribution in [0.4, 0.5) is 5.69 Å². The molecule has 2 aromatic rings. The number of nitrogens with one attached hydrogen (secondary N) is 2. The van der Waals surface area contributed by atoms with Gasteiger partial charge in [-0.15, -0.1) is 0 Å². The minimum absolute atomic E-state index is 0.159. The molecule has 0 fully saturated rings. The molecular formula is C16H26N6OS. The molecule has 1 aromatic carbocycles. The van der Waals surface area contributed by atoms with Gasteiger partial charge in [-0.2, -0.15) is 5.10 Å². The van der Waals surface area contributed by atoms with Crippen molar-refractivity contribution in [1.82, 2.24) is 10.2 Å². The summed E-state index contributed by atoms with van der Waals surface area (Å²) in [6.07, 6.45) is 5.29. The van der Waals surface area contributed by atoms with Crippen molar-refractivity contribution >= 4 is 33.4 Å². The number of benzene rings is 1. The number of anilines is 1. The summed E-state index contributed by atoms with van der Waals surface area (Å²) in [7, 11) is 0. The topological polar surface area (TPSA) is 128 Å². The van der Waals surface area contributed by atoms with Crippen molar-refractivity contribution in [2.24, 2.45) is 16.6 Å². The fourth-order valence-electron chi connectivity index (χ4n) is 2.43. The molecule has 0 bridgehead atoms. The first-order chi connectivity index (χ1) is 11.7.